The molecule has 2 aromatic rings. The molecule has 0 radical (unpaired) electrons. The van der Waals surface area contributed by atoms with Crippen LogP contribution in [0.5, 0.6) is 5.75 Å². The Labute approximate surface area is 120 Å². The van der Waals surface area contributed by atoms with E-state index in [-0.39, 0.29) is 0 Å². The van der Waals surface area contributed by atoms with Gasteiger partial charge in [-0.15, -0.1) is 11.8 Å². The number of ether oxygens (including phenoxy) is 1. The number of hydrogen-bond acceptors (Lipinski definition) is 3. The van der Waals surface area contributed by atoms with Gasteiger partial charge in [-0.05, 0) is 42.5 Å². The molecule has 0 amide bonds. The molecule has 0 unspecified atom stereocenters. The summed E-state index contributed by atoms with van der Waals surface area (Å²) in [5.74, 6) is 1.79. The molecule has 94 valence electrons. The van der Waals surface area contributed by atoms with E-state index in [1.807, 2.05) is 36.4 Å². The summed E-state index contributed by atoms with van der Waals surface area (Å²) in [4.78, 5) is 1.20. The molecule has 0 bridgehead atoms. The van der Waals surface area contributed by atoms with Gasteiger partial charge in [0.05, 0.1) is 7.11 Å². The topological polar surface area (TPSA) is 35.2 Å². The van der Waals surface area contributed by atoms with E-state index in [4.69, 9.17) is 10.5 Å². The fourth-order valence-electron chi connectivity index (χ4n) is 1.59. The molecule has 2 aromatic carbocycles. The molecule has 0 spiro atoms. The average molecular weight is 324 g/mol. The van der Waals surface area contributed by atoms with Gasteiger partial charge in [0.2, 0.25) is 0 Å². The van der Waals surface area contributed by atoms with Crippen molar-refractivity contribution in [1.82, 2.24) is 0 Å². The van der Waals surface area contributed by atoms with E-state index in [0.717, 1.165) is 21.7 Å². The molecule has 0 aliphatic carbocycles. The van der Waals surface area contributed by atoms with Gasteiger partial charge in [0.1, 0.15) is 5.75 Å². The zero-order valence-electron chi connectivity index (χ0n) is 10.0. The molecule has 2 N–H and O–H groups in total. The minimum Gasteiger partial charge on any atom is -0.496 e. The highest BCUT2D eigenvalue weighted by Crippen LogP contribution is 2.30. The first-order valence-electron chi connectivity index (χ1n) is 5.50. The number of thioether (sulfide) groups is 1. The number of rotatable bonds is 4. The quantitative estimate of drug-likeness (QED) is 0.671. The molecule has 0 aliphatic rings. The summed E-state index contributed by atoms with van der Waals surface area (Å²) < 4.78 is 6.42. The summed E-state index contributed by atoms with van der Waals surface area (Å²) in [6.07, 6.45) is 0. The van der Waals surface area contributed by atoms with Crippen molar-refractivity contribution in [2.45, 2.75) is 10.6 Å². The van der Waals surface area contributed by atoms with Crippen LogP contribution in [-0.4, -0.2) is 7.11 Å². The molecular weight excluding hydrogens is 310 g/mol. The molecule has 0 aliphatic heterocycles. The van der Waals surface area contributed by atoms with E-state index in [0.29, 0.717) is 0 Å². The lowest BCUT2D eigenvalue weighted by Gasteiger charge is -2.09. The van der Waals surface area contributed by atoms with Crippen molar-refractivity contribution in [2.75, 3.05) is 12.8 Å². The second kappa shape index (κ2) is 6.16. The second-order valence-electron chi connectivity index (χ2n) is 3.81. The predicted octanol–water partition coefficient (Wildman–Crippen LogP) is 4.33. The Kier molecular flexibility index (Phi) is 4.55. The fraction of sp³-hybridized carbons (Fsp3) is 0.143. The molecule has 0 heterocycles. The molecular formula is C14H14BrNOS. The Morgan fingerprint density at radius 1 is 1.17 bits per heavy atom. The molecule has 0 aromatic heterocycles. The van der Waals surface area contributed by atoms with E-state index in [1.54, 1.807) is 18.9 Å². The van der Waals surface area contributed by atoms with Crippen LogP contribution in [0.3, 0.4) is 0 Å². The third-order valence-corrected chi connectivity index (χ3v) is 4.07. The van der Waals surface area contributed by atoms with Crippen molar-refractivity contribution in [3.05, 3.63) is 52.5 Å². The lowest BCUT2D eigenvalue weighted by molar-refractivity contribution is 0.411. The number of anilines is 1. The molecule has 0 atom stereocenters. The SMILES string of the molecule is COc1ccc(Br)cc1CSc1ccc(N)cc1. The summed E-state index contributed by atoms with van der Waals surface area (Å²) in [5.41, 5.74) is 7.63. The molecule has 18 heavy (non-hydrogen) atoms. The number of halogens is 1. The first-order chi connectivity index (χ1) is 8.69. The maximum absolute atomic E-state index is 5.66. The van der Waals surface area contributed by atoms with Crippen molar-refractivity contribution in [3.63, 3.8) is 0 Å². The number of methoxy groups -OCH3 is 1. The number of nitrogens with two attached hydrogens (primary N) is 1. The van der Waals surface area contributed by atoms with Gasteiger partial charge >= 0.3 is 0 Å². The Bertz CT molecular complexity index is 528. The monoisotopic (exact) mass is 323 g/mol. The van der Waals surface area contributed by atoms with Gasteiger partial charge in [0.25, 0.3) is 0 Å². The maximum atomic E-state index is 5.66. The van der Waals surface area contributed by atoms with Crippen LogP contribution in [0.15, 0.2) is 51.8 Å². The van der Waals surface area contributed by atoms with Gasteiger partial charge in [-0.2, -0.15) is 0 Å². The van der Waals surface area contributed by atoms with E-state index in [9.17, 15) is 0 Å². The molecule has 0 fully saturated rings. The zero-order chi connectivity index (χ0) is 13.0. The average Bonchev–Trinajstić information content (AvgIpc) is 2.38. The van der Waals surface area contributed by atoms with Gasteiger partial charge in [-0.25, -0.2) is 0 Å². The molecule has 2 rings (SSSR count). The van der Waals surface area contributed by atoms with E-state index in [2.05, 4.69) is 22.0 Å². The molecule has 2 nitrogen and oxygen atoms in total. The van der Waals surface area contributed by atoms with Crippen LogP contribution < -0.4 is 10.5 Å². The summed E-state index contributed by atoms with van der Waals surface area (Å²) >= 11 is 5.24. The highest BCUT2D eigenvalue weighted by atomic mass is 79.9. The van der Waals surface area contributed by atoms with Gasteiger partial charge in [-0.3, -0.25) is 0 Å². The minimum absolute atomic E-state index is 0.791. The Balaban J connectivity index is 2.09. The third kappa shape index (κ3) is 3.43. The minimum atomic E-state index is 0.791. The van der Waals surface area contributed by atoms with Gasteiger partial charge in [-0.1, -0.05) is 15.9 Å². The largest absolute Gasteiger partial charge is 0.496 e. The molecule has 0 saturated carbocycles. The van der Waals surface area contributed by atoms with E-state index < -0.39 is 0 Å². The van der Waals surface area contributed by atoms with Crippen LogP contribution in [0.4, 0.5) is 5.69 Å². The van der Waals surface area contributed by atoms with Crippen LogP contribution in [0.1, 0.15) is 5.56 Å². The predicted molar refractivity (Wildman–Crippen MR) is 81.1 cm³/mol. The van der Waals surface area contributed by atoms with Crippen LogP contribution >= 0.6 is 27.7 Å². The second-order valence-corrected chi connectivity index (χ2v) is 5.78. The standard InChI is InChI=1S/C14H14BrNOS/c1-17-14-7-2-11(15)8-10(14)9-18-13-5-3-12(16)4-6-13/h2-8H,9,16H2,1H3. The van der Waals surface area contributed by atoms with E-state index >= 15 is 0 Å². The van der Waals surface area contributed by atoms with Gasteiger partial charge in [0.15, 0.2) is 0 Å². The van der Waals surface area contributed by atoms with Gasteiger partial charge in [0, 0.05) is 26.4 Å². The Morgan fingerprint density at radius 3 is 2.56 bits per heavy atom. The number of hydrogen-bond donors (Lipinski definition) is 1. The fourth-order valence-corrected chi connectivity index (χ4v) is 2.87. The van der Waals surface area contributed by atoms with Crippen molar-refractivity contribution in [3.8, 4) is 5.75 Å². The normalized spacial score (nSPS) is 10.3. The van der Waals surface area contributed by atoms with Crippen molar-refractivity contribution in [2.24, 2.45) is 0 Å². The van der Waals surface area contributed by atoms with Gasteiger partial charge < -0.3 is 10.5 Å². The molecule has 4 heteroatoms. The summed E-state index contributed by atoms with van der Waals surface area (Å²) in [6.45, 7) is 0. The van der Waals surface area contributed by atoms with Crippen LogP contribution in [-0.2, 0) is 5.75 Å². The first kappa shape index (κ1) is 13.3. The third-order valence-electron chi connectivity index (χ3n) is 2.52. The summed E-state index contributed by atoms with van der Waals surface area (Å²) in [6, 6.07) is 13.9. The maximum Gasteiger partial charge on any atom is 0.122 e. The molecule has 0 saturated heterocycles. The van der Waals surface area contributed by atoms with Crippen LogP contribution in [0.25, 0.3) is 0 Å². The van der Waals surface area contributed by atoms with Crippen molar-refractivity contribution in [1.29, 1.82) is 0 Å². The summed E-state index contributed by atoms with van der Waals surface area (Å²) in [5, 5.41) is 0. The lowest BCUT2D eigenvalue weighted by atomic mass is 10.2. The highest BCUT2D eigenvalue weighted by Gasteiger charge is 2.04. The highest BCUT2D eigenvalue weighted by molar-refractivity contribution is 9.10. The van der Waals surface area contributed by atoms with Crippen molar-refractivity contribution >= 4 is 33.4 Å². The number of nitrogen functional groups attached to an aromatic ring is 1. The number of benzene rings is 2. The lowest BCUT2D eigenvalue weighted by Crippen LogP contribution is -1.90. The zero-order valence-corrected chi connectivity index (χ0v) is 12.4. The van der Waals surface area contributed by atoms with E-state index in [1.165, 1.54) is 10.5 Å². The first-order valence-corrected chi connectivity index (χ1v) is 7.27. The Hall–Kier alpha value is -1.13. The summed E-state index contributed by atoms with van der Waals surface area (Å²) in [7, 11) is 1.70. The Morgan fingerprint density at radius 2 is 1.89 bits per heavy atom. The van der Waals surface area contributed by atoms with Crippen LogP contribution in [0, 0.1) is 0 Å². The van der Waals surface area contributed by atoms with Crippen LogP contribution in [0.2, 0.25) is 0 Å². The smallest absolute Gasteiger partial charge is 0.122 e. The van der Waals surface area contributed by atoms with Crippen molar-refractivity contribution < 1.29 is 4.74 Å².